The lowest BCUT2D eigenvalue weighted by Gasteiger charge is -2.06. The molecule has 1 aliphatic rings. The van der Waals surface area contributed by atoms with Crippen LogP contribution in [0.4, 0.5) is 0 Å². The molecule has 3 nitrogen and oxygen atoms in total. The van der Waals surface area contributed by atoms with Gasteiger partial charge in [0.1, 0.15) is 5.78 Å². The summed E-state index contributed by atoms with van der Waals surface area (Å²) in [7, 11) is 1.73. The molecule has 70 valence electrons. The molecule has 1 rings (SSSR count). The van der Waals surface area contributed by atoms with Gasteiger partial charge in [0.15, 0.2) is 0 Å². The molecule has 1 aliphatic heterocycles. The number of amides is 1. The fourth-order valence-corrected chi connectivity index (χ4v) is 1.20. The number of hydrogen-bond donors (Lipinski definition) is 0. The van der Waals surface area contributed by atoms with Crippen molar-refractivity contribution >= 4 is 11.7 Å². The summed E-state index contributed by atoms with van der Waals surface area (Å²) in [4.78, 5) is 23.4. The van der Waals surface area contributed by atoms with E-state index >= 15 is 0 Å². The molecule has 1 heterocycles. The second-order valence-corrected chi connectivity index (χ2v) is 2.71. The maximum Gasteiger partial charge on any atom is 0.232 e. The minimum atomic E-state index is -0.343. The van der Waals surface area contributed by atoms with Crippen LogP contribution >= 0.6 is 0 Å². The number of Topliss-reactive ketones (excluding diaryl/α,β-unsaturated/α-hetero) is 1. The van der Waals surface area contributed by atoms with Gasteiger partial charge >= 0.3 is 0 Å². The molecule has 0 spiro atoms. The average molecular weight is 171 g/mol. The third-order valence-electron chi connectivity index (χ3n) is 1.92. The van der Waals surface area contributed by atoms with E-state index in [-0.39, 0.29) is 17.6 Å². The van der Waals surface area contributed by atoms with E-state index in [0.717, 1.165) is 6.54 Å². The second kappa shape index (κ2) is 4.91. The molecule has 0 bridgehead atoms. The zero-order valence-electron chi connectivity index (χ0n) is 8.26. The highest BCUT2D eigenvalue weighted by molar-refractivity contribution is 6.01. The summed E-state index contributed by atoms with van der Waals surface area (Å²) < 4.78 is 0. The number of rotatable bonds is 1. The van der Waals surface area contributed by atoms with E-state index in [1.165, 1.54) is 6.92 Å². The first-order valence-electron chi connectivity index (χ1n) is 4.38. The molecule has 0 aromatic heterocycles. The van der Waals surface area contributed by atoms with Gasteiger partial charge in [0.05, 0.1) is 5.92 Å². The van der Waals surface area contributed by atoms with Gasteiger partial charge in [-0.05, 0) is 13.3 Å². The van der Waals surface area contributed by atoms with Crippen molar-refractivity contribution in [2.75, 3.05) is 13.6 Å². The standard InChI is InChI=1S/C7H11NO2.C2H6/c1-5(9)6-3-4-8(2)7(6)10;1-2/h6H,3-4H2,1-2H3;1-2H3. The van der Waals surface area contributed by atoms with Crippen LogP contribution in [0.5, 0.6) is 0 Å². The van der Waals surface area contributed by atoms with E-state index in [4.69, 9.17) is 0 Å². The van der Waals surface area contributed by atoms with Crippen LogP contribution in [0.1, 0.15) is 27.2 Å². The third-order valence-corrected chi connectivity index (χ3v) is 1.92. The van der Waals surface area contributed by atoms with E-state index in [1.54, 1.807) is 11.9 Å². The Morgan fingerprint density at radius 1 is 1.50 bits per heavy atom. The molecule has 1 atom stereocenters. The molecule has 3 heteroatoms. The Morgan fingerprint density at radius 2 is 2.00 bits per heavy atom. The molecule has 12 heavy (non-hydrogen) atoms. The molecule has 1 amide bonds. The van der Waals surface area contributed by atoms with Crippen LogP contribution in [0.25, 0.3) is 0 Å². The number of likely N-dealkylation sites (tertiary alicyclic amines) is 1. The van der Waals surface area contributed by atoms with Crippen molar-refractivity contribution in [3.05, 3.63) is 0 Å². The number of nitrogens with zero attached hydrogens (tertiary/aromatic N) is 1. The number of carbonyl (C=O) groups is 2. The zero-order valence-corrected chi connectivity index (χ0v) is 8.26. The number of ketones is 1. The van der Waals surface area contributed by atoms with E-state index in [9.17, 15) is 9.59 Å². The normalized spacial score (nSPS) is 21.8. The van der Waals surface area contributed by atoms with E-state index < -0.39 is 0 Å². The van der Waals surface area contributed by atoms with Crippen molar-refractivity contribution in [1.29, 1.82) is 0 Å². The summed E-state index contributed by atoms with van der Waals surface area (Å²) >= 11 is 0. The monoisotopic (exact) mass is 171 g/mol. The quantitative estimate of drug-likeness (QED) is 0.554. The van der Waals surface area contributed by atoms with Gasteiger partial charge in [-0.15, -0.1) is 0 Å². The Kier molecular flexibility index (Phi) is 4.55. The van der Waals surface area contributed by atoms with Crippen LogP contribution in [0.2, 0.25) is 0 Å². The highest BCUT2D eigenvalue weighted by Crippen LogP contribution is 2.16. The van der Waals surface area contributed by atoms with Gasteiger partial charge in [0.2, 0.25) is 5.91 Å². The van der Waals surface area contributed by atoms with Gasteiger partial charge in [-0.25, -0.2) is 0 Å². The molecular weight excluding hydrogens is 154 g/mol. The lowest BCUT2D eigenvalue weighted by Crippen LogP contribution is -2.25. The van der Waals surface area contributed by atoms with Gasteiger partial charge in [-0.2, -0.15) is 0 Å². The van der Waals surface area contributed by atoms with E-state index in [2.05, 4.69) is 0 Å². The van der Waals surface area contributed by atoms with Crippen LogP contribution < -0.4 is 0 Å². The third kappa shape index (κ3) is 2.32. The first kappa shape index (κ1) is 11.1. The van der Waals surface area contributed by atoms with Crippen molar-refractivity contribution in [3.8, 4) is 0 Å². The van der Waals surface area contributed by atoms with E-state index in [0.29, 0.717) is 6.42 Å². The minimum absolute atomic E-state index is 0.00523. The van der Waals surface area contributed by atoms with Crippen LogP contribution in [-0.4, -0.2) is 30.2 Å². The first-order valence-corrected chi connectivity index (χ1v) is 4.38. The summed E-state index contributed by atoms with van der Waals surface area (Å²) in [6, 6.07) is 0. The topological polar surface area (TPSA) is 37.4 Å². The van der Waals surface area contributed by atoms with Crippen LogP contribution in [0, 0.1) is 5.92 Å². The number of carbonyl (C=O) groups excluding carboxylic acids is 2. The summed E-state index contributed by atoms with van der Waals surface area (Å²) in [6.07, 6.45) is 0.699. The molecule has 0 aromatic carbocycles. The first-order chi connectivity index (χ1) is 5.63. The molecule has 0 saturated carbocycles. The minimum Gasteiger partial charge on any atom is -0.345 e. The van der Waals surface area contributed by atoms with Gasteiger partial charge < -0.3 is 4.90 Å². The van der Waals surface area contributed by atoms with Crippen molar-refractivity contribution < 1.29 is 9.59 Å². The molecule has 0 radical (unpaired) electrons. The van der Waals surface area contributed by atoms with Crippen molar-refractivity contribution in [2.24, 2.45) is 5.92 Å². The molecule has 1 unspecified atom stereocenters. The summed E-state index contributed by atoms with van der Waals surface area (Å²) in [5.41, 5.74) is 0. The smallest absolute Gasteiger partial charge is 0.232 e. The molecule has 0 N–H and O–H groups in total. The zero-order chi connectivity index (χ0) is 9.72. The second-order valence-electron chi connectivity index (χ2n) is 2.71. The summed E-state index contributed by atoms with van der Waals surface area (Å²) in [5, 5.41) is 0. The lowest BCUT2D eigenvalue weighted by molar-refractivity contribution is -0.135. The van der Waals surface area contributed by atoms with Crippen LogP contribution in [0.3, 0.4) is 0 Å². The fraction of sp³-hybridized carbons (Fsp3) is 0.778. The Morgan fingerprint density at radius 3 is 2.17 bits per heavy atom. The average Bonchev–Trinajstić information content (AvgIpc) is 2.37. The summed E-state index contributed by atoms with van der Waals surface area (Å²) in [5.74, 6) is -0.369. The Hall–Kier alpha value is -0.860. The highest BCUT2D eigenvalue weighted by atomic mass is 16.2. The molecule has 0 aliphatic carbocycles. The lowest BCUT2D eigenvalue weighted by atomic mass is 10.0. The summed E-state index contributed by atoms with van der Waals surface area (Å²) in [6.45, 7) is 6.20. The van der Waals surface area contributed by atoms with Crippen molar-refractivity contribution in [2.45, 2.75) is 27.2 Å². The molecular formula is C9H17NO2. The highest BCUT2D eigenvalue weighted by Gasteiger charge is 2.31. The Balaban J connectivity index is 0.000000561. The predicted molar refractivity (Wildman–Crippen MR) is 47.8 cm³/mol. The maximum absolute atomic E-state index is 11.1. The van der Waals surface area contributed by atoms with Gasteiger partial charge in [-0.1, -0.05) is 13.8 Å². The SMILES string of the molecule is CC.CC(=O)C1CCN(C)C1=O. The Labute approximate surface area is 73.7 Å². The predicted octanol–water partition coefficient (Wildman–Crippen LogP) is 1.08. The van der Waals surface area contributed by atoms with Crippen LogP contribution in [0.15, 0.2) is 0 Å². The largest absolute Gasteiger partial charge is 0.345 e. The van der Waals surface area contributed by atoms with E-state index in [1.807, 2.05) is 13.8 Å². The maximum atomic E-state index is 11.1. The van der Waals surface area contributed by atoms with Gasteiger partial charge in [0, 0.05) is 13.6 Å². The fourth-order valence-electron chi connectivity index (χ4n) is 1.20. The Bertz CT molecular complexity index is 177. The molecule has 0 aromatic rings. The van der Waals surface area contributed by atoms with Gasteiger partial charge in [-0.3, -0.25) is 9.59 Å². The molecule has 1 saturated heterocycles. The van der Waals surface area contributed by atoms with Gasteiger partial charge in [0.25, 0.3) is 0 Å². The van der Waals surface area contributed by atoms with Crippen LogP contribution in [-0.2, 0) is 9.59 Å². The van der Waals surface area contributed by atoms with Crippen molar-refractivity contribution in [3.63, 3.8) is 0 Å². The molecule has 1 fully saturated rings. The van der Waals surface area contributed by atoms with Crippen molar-refractivity contribution in [1.82, 2.24) is 4.90 Å². The number of hydrogen-bond acceptors (Lipinski definition) is 2.